The molecular formula is C6H5IN4. The van der Waals surface area contributed by atoms with Crippen molar-refractivity contribution < 1.29 is 0 Å². The van der Waals surface area contributed by atoms with E-state index in [9.17, 15) is 0 Å². The lowest BCUT2D eigenvalue weighted by molar-refractivity contribution is 0.912. The molecule has 5 heteroatoms. The lowest BCUT2D eigenvalue weighted by atomic mass is 10.7. The first-order valence-electron chi connectivity index (χ1n) is 3.10. The number of fused-ring (bicyclic) bond motifs is 1. The van der Waals surface area contributed by atoms with Crippen molar-refractivity contribution in [3.63, 3.8) is 0 Å². The Bertz CT molecular complexity index is 394. The van der Waals surface area contributed by atoms with Gasteiger partial charge in [0.25, 0.3) is 0 Å². The van der Waals surface area contributed by atoms with E-state index in [2.05, 4.69) is 37.7 Å². The number of hydrogen-bond donors (Lipinski definition) is 0. The van der Waals surface area contributed by atoms with Gasteiger partial charge in [0, 0.05) is 0 Å². The molecule has 0 aliphatic heterocycles. The topological polar surface area (TPSA) is 43.1 Å². The van der Waals surface area contributed by atoms with E-state index in [1.165, 1.54) is 0 Å². The molecule has 0 atom stereocenters. The first kappa shape index (κ1) is 6.96. The standard InChI is InChI=1S/C6H5IN4/c1-4-9-6-2-8-5(7)3-11(6)10-4/h2-3H,1H3. The molecule has 11 heavy (non-hydrogen) atoms. The smallest absolute Gasteiger partial charge is 0.173 e. The van der Waals surface area contributed by atoms with Gasteiger partial charge < -0.3 is 0 Å². The summed E-state index contributed by atoms with van der Waals surface area (Å²) in [5, 5.41) is 4.13. The molecule has 2 aromatic heterocycles. The van der Waals surface area contributed by atoms with E-state index in [0.29, 0.717) is 0 Å². The lowest BCUT2D eigenvalue weighted by Crippen LogP contribution is -1.90. The molecule has 0 aliphatic carbocycles. The van der Waals surface area contributed by atoms with Crippen LogP contribution in [0.3, 0.4) is 0 Å². The van der Waals surface area contributed by atoms with Crippen LogP contribution in [0.5, 0.6) is 0 Å². The maximum atomic E-state index is 4.14. The van der Waals surface area contributed by atoms with E-state index in [0.717, 1.165) is 15.2 Å². The summed E-state index contributed by atoms with van der Waals surface area (Å²) in [6, 6.07) is 0. The van der Waals surface area contributed by atoms with Crippen LogP contribution >= 0.6 is 22.6 Å². The Morgan fingerprint density at radius 3 is 3.18 bits per heavy atom. The molecule has 0 N–H and O–H groups in total. The SMILES string of the molecule is Cc1nc2cnc(I)cn2n1. The molecular weight excluding hydrogens is 255 g/mol. The third kappa shape index (κ3) is 1.20. The summed E-state index contributed by atoms with van der Waals surface area (Å²) in [5.74, 6) is 0.772. The average molecular weight is 260 g/mol. The minimum atomic E-state index is 0.772. The Kier molecular flexibility index (Phi) is 1.52. The van der Waals surface area contributed by atoms with E-state index in [1.807, 2.05) is 13.1 Å². The molecule has 2 rings (SSSR count). The Morgan fingerprint density at radius 1 is 1.55 bits per heavy atom. The van der Waals surface area contributed by atoms with Crippen LogP contribution in [0, 0.1) is 10.6 Å². The summed E-state index contributed by atoms with van der Waals surface area (Å²) < 4.78 is 2.64. The number of aryl methyl sites for hydroxylation is 1. The largest absolute Gasteiger partial charge is 0.245 e. The minimum absolute atomic E-state index is 0.772. The van der Waals surface area contributed by atoms with Crippen LogP contribution in [0.15, 0.2) is 12.4 Å². The molecule has 0 saturated carbocycles. The van der Waals surface area contributed by atoms with Gasteiger partial charge in [-0.3, -0.25) is 0 Å². The molecule has 0 bridgehead atoms. The molecule has 0 saturated heterocycles. The first-order valence-corrected chi connectivity index (χ1v) is 4.18. The zero-order valence-corrected chi connectivity index (χ0v) is 7.98. The normalized spacial score (nSPS) is 10.7. The quantitative estimate of drug-likeness (QED) is 0.664. The minimum Gasteiger partial charge on any atom is -0.245 e. The third-order valence-electron chi connectivity index (χ3n) is 1.30. The van der Waals surface area contributed by atoms with E-state index >= 15 is 0 Å². The summed E-state index contributed by atoms with van der Waals surface area (Å²) in [5.41, 5.74) is 0.794. The number of aromatic nitrogens is 4. The van der Waals surface area contributed by atoms with Gasteiger partial charge in [0.15, 0.2) is 5.65 Å². The zero-order valence-electron chi connectivity index (χ0n) is 5.82. The Balaban J connectivity index is 2.82. The van der Waals surface area contributed by atoms with Crippen LogP contribution in [0.25, 0.3) is 5.65 Å². The molecule has 0 radical (unpaired) electrons. The van der Waals surface area contributed by atoms with Gasteiger partial charge in [0.05, 0.1) is 12.4 Å². The van der Waals surface area contributed by atoms with Gasteiger partial charge in [-0.15, -0.1) is 0 Å². The molecule has 2 heterocycles. The Labute approximate surface area is 76.8 Å². The number of nitrogens with zero attached hydrogens (tertiary/aromatic N) is 4. The van der Waals surface area contributed by atoms with Crippen molar-refractivity contribution in [2.24, 2.45) is 0 Å². The van der Waals surface area contributed by atoms with Crippen molar-refractivity contribution in [3.05, 3.63) is 21.9 Å². The van der Waals surface area contributed by atoms with Crippen LogP contribution in [-0.2, 0) is 0 Å². The number of rotatable bonds is 0. The second-order valence-electron chi connectivity index (χ2n) is 2.17. The summed E-state index contributed by atoms with van der Waals surface area (Å²) in [7, 11) is 0. The van der Waals surface area contributed by atoms with Gasteiger partial charge in [0.1, 0.15) is 9.53 Å². The number of halogens is 1. The molecule has 2 aromatic rings. The monoisotopic (exact) mass is 260 g/mol. The average Bonchev–Trinajstić information content (AvgIpc) is 2.27. The fourth-order valence-electron chi connectivity index (χ4n) is 0.883. The predicted molar refractivity (Wildman–Crippen MR) is 48.2 cm³/mol. The maximum Gasteiger partial charge on any atom is 0.173 e. The second kappa shape index (κ2) is 2.40. The van der Waals surface area contributed by atoms with Crippen molar-refractivity contribution in [1.29, 1.82) is 0 Å². The van der Waals surface area contributed by atoms with Gasteiger partial charge in [-0.05, 0) is 29.5 Å². The van der Waals surface area contributed by atoms with E-state index in [4.69, 9.17) is 0 Å². The highest BCUT2D eigenvalue weighted by Crippen LogP contribution is 2.02. The predicted octanol–water partition coefficient (Wildman–Crippen LogP) is 1.04. The second-order valence-corrected chi connectivity index (χ2v) is 3.28. The van der Waals surface area contributed by atoms with E-state index in [-0.39, 0.29) is 0 Å². The highest BCUT2D eigenvalue weighted by atomic mass is 127. The van der Waals surface area contributed by atoms with Crippen LogP contribution in [-0.4, -0.2) is 19.6 Å². The fourth-order valence-corrected chi connectivity index (χ4v) is 1.29. The van der Waals surface area contributed by atoms with Gasteiger partial charge in [-0.1, -0.05) is 0 Å². The molecule has 0 fully saturated rings. The van der Waals surface area contributed by atoms with Gasteiger partial charge >= 0.3 is 0 Å². The molecule has 0 aromatic carbocycles. The number of hydrogen-bond acceptors (Lipinski definition) is 3. The molecule has 0 unspecified atom stereocenters. The van der Waals surface area contributed by atoms with Crippen LogP contribution < -0.4 is 0 Å². The van der Waals surface area contributed by atoms with Crippen molar-refractivity contribution in [3.8, 4) is 0 Å². The van der Waals surface area contributed by atoms with Crippen LogP contribution in [0.2, 0.25) is 0 Å². The highest BCUT2D eigenvalue weighted by molar-refractivity contribution is 14.1. The maximum absolute atomic E-state index is 4.14. The fraction of sp³-hybridized carbons (Fsp3) is 0.167. The molecule has 0 aliphatic rings. The van der Waals surface area contributed by atoms with Crippen molar-refractivity contribution in [1.82, 2.24) is 19.6 Å². The molecule has 0 spiro atoms. The van der Waals surface area contributed by atoms with Crippen LogP contribution in [0.1, 0.15) is 5.82 Å². The lowest BCUT2D eigenvalue weighted by Gasteiger charge is -1.89. The molecule has 0 amide bonds. The summed E-state index contributed by atoms with van der Waals surface area (Å²) >= 11 is 2.14. The zero-order chi connectivity index (χ0) is 7.84. The highest BCUT2D eigenvalue weighted by Gasteiger charge is 1.98. The molecule has 56 valence electrons. The summed E-state index contributed by atoms with van der Waals surface area (Å²) in [4.78, 5) is 8.22. The molecule has 4 nitrogen and oxygen atoms in total. The van der Waals surface area contributed by atoms with Gasteiger partial charge in [-0.2, -0.15) is 5.10 Å². The van der Waals surface area contributed by atoms with Crippen molar-refractivity contribution in [2.75, 3.05) is 0 Å². The summed E-state index contributed by atoms with van der Waals surface area (Å²) in [6.45, 7) is 1.86. The van der Waals surface area contributed by atoms with Crippen molar-refractivity contribution in [2.45, 2.75) is 6.92 Å². The third-order valence-corrected chi connectivity index (χ3v) is 1.85. The van der Waals surface area contributed by atoms with Crippen molar-refractivity contribution >= 4 is 28.2 Å². The van der Waals surface area contributed by atoms with Crippen LogP contribution in [0.4, 0.5) is 0 Å². The van der Waals surface area contributed by atoms with E-state index < -0.39 is 0 Å². The Hall–Kier alpha value is -0.720. The summed E-state index contributed by atoms with van der Waals surface area (Å²) in [6.07, 6.45) is 3.55. The first-order chi connectivity index (χ1) is 5.25. The van der Waals surface area contributed by atoms with E-state index in [1.54, 1.807) is 10.7 Å². The van der Waals surface area contributed by atoms with Gasteiger partial charge in [0.2, 0.25) is 0 Å². The Morgan fingerprint density at radius 2 is 2.36 bits per heavy atom. The van der Waals surface area contributed by atoms with Gasteiger partial charge in [-0.25, -0.2) is 14.5 Å².